The number of hydrogen-bond acceptors (Lipinski definition) is 2. The van der Waals surface area contributed by atoms with E-state index in [1.165, 1.54) is 12.1 Å². The van der Waals surface area contributed by atoms with Gasteiger partial charge in [0.25, 0.3) is 0 Å². The largest absolute Gasteiger partial charge is 0.550 e. The fourth-order valence-electron chi connectivity index (χ4n) is 1.98. The average Bonchev–Trinajstić information content (AvgIpc) is 2.38. The first-order chi connectivity index (χ1) is 8.66. The number of carboxylic acid groups (broad SMARTS) is 1. The minimum absolute atomic E-state index is 0.115. The van der Waals surface area contributed by atoms with Gasteiger partial charge in [0, 0.05) is 11.9 Å². The smallest absolute Gasteiger partial charge is 0.123 e. The summed E-state index contributed by atoms with van der Waals surface area (Å²) >= 11 is 0. The Kier molecular flexibility index (Phi) is 3.72. The van der Waals surface area contributed by atoms with Gasteiger partial charge in [0.2, 0.25) is 0 Å². The van der Waals surface area contributed by atoms with Crippen LogP contribution in [0.15, 0.2) is 54.6 Å². The van der Waals surface area contributed by atoms with E-state index in [-0.39, 0.29) is 18.2 Å². The zero-order chi connectivity index (χ0) is 13.0. The Balaban J connectivity index is 2.36. The van der Waals surface area contributed by atoms with Crippen molar-refractivity contribution in [3.63, 3.8) is 0 Å². The fraction of sp³-hybridized carbons (Fsp3) is 0.133. The summed E-state index contributed by atoms with van der Waals surface area (Å²) in [7, 11) is 0. The van der Waals surface area contributed by atoms with Crippen molar-refractivity contribution in [3.8, 4) is 0 Å². The zero-order valence-electron chi connectivity index (χ0n) is 9.68. The van der Waals surface area contributed by atoms with Gasteiger partial charge in [-0.25, -0.2) is 4.39 Å². The Bertz CT molecular complexity index is 520. The molecule has 18 heavy (non-hydrogen) atoms. The van der Waals surface area contributed by atoms with E-state index < -0.39 is 5.97 Å². The van der Waals surface area contributed by atoms with Crippen molar-refractivity contribution >= 4 is 5.97 Å². The van der Waals surface area contributed by atoms with Gasteiger partial charge in [-0.05, 0) is 29.7 Å². The minimum Gasteiger partial charge on any atom is -0.550 e. The maximum atomic E-state index is 12.9. The molecule has 0 N–H and O–H groups in total. The Morgan fingerprint density at radius 2 is 1.56 bits per heavy atom. The van der Waals surface area contributed by atoms with Crippen LogP contribution in [-0.2, 0) is 4.79 Å². The SMILES string of the molecule is O=C([O-])C[C@H](c1ccccc1)c1ccc(F)cc1. The van der Waals surface area contributed by atoms with Gasteiger partial charge in [0.15, 0.2) is 0 Å². The summed E-state index contributed by atoms with van der Waals surface area (Å²) in [5.41, 5.74) is 1.65. The van der Waals surface area contributed by atoms with Crippen LogP contribution in [0, 0.1) is 5.82 Å². The third-order valence-corrected chi connectivity index (χ3v) is 2.85. The van der Waals surface area contributed by atoms with Crippen molar-refractivity contribution < 1.29 is 14.3 Å². The highest BCUT2D eigenvalue weighted by Gasteiger charge is 2.14. The van der Waals surface area contributed by atoms with Crippen molar-refractivity contribution in [2.75, 3.05) is 0 Å². The van der Waals surface area contributed by atoms with Crippen molar-refractivity contribution in [2.24, 2.45) is 0 Å². The highest BCUT2D eigenvalue weighted by atomic mass is 19.1. The van der Waals surface area contributed by atoms with E-state index in [4.69, 9.17) is 0 Å². The number of carboxylic acids is 1. The van der Waals surface area contributed by atoms with Crippen LogP contribution in [0.4, 0.5) is 4.39 Å². The van der Waals surface area contributed by atoms with Gasteiger partial charge >= 0.3 is 0 Å². The molecule has 0 heterocycles. The molecule has 0 saturated heterocycles. The Morgan fingerprint density at radius 1 is 1.00 bits per heavy atom. The first-order valence-corrected chi connectivity index (χ1v) is 5.67. The Morgan fingerprint density at radius 3 is 2.11 bits per heavy atom. The van der Waals surface area contributed by atoms with Gasteiger partial charge < -0.3 is 9.90 Å². The van der Waals surface area contributed by atoms with Crippen LogP contribution in [-0.4, -0.2) is 5.97 Å². The standard InChI is InChI=1S/C15H13FO2/c16-13-8-6-12(7-9-13)14(10-15(17)18)11-4-2-1-3-5-11/h1-9,14H,10H2,(H,17,18)/p-1/t14-/m1/s1. The van der Waals surface area contributed by atoms with Crippen molar-refractivity contribution in [1.82, 2.24) is 0 Å². The van der Waals surface area contributed by atoms with Crippen LogP contribution in [0.25, 0.3) is 0 Å². The van der Waals surface area contributed by atoms with Crippen LogP contribution in [0.2, 0.25) is 0 Å². The second-order valence-electron chi connectivity index (χ2n) is 4.09. The fourth-order valence-corrected chi connectivity index (χ4v) is 1.98. The predicted molar refractivity (Wildman–Crippen MR) is 64.3 cm³/mol. The molecule has 0 bridgehead atoms. The highest BCUT2D eigenvalue weighted by Crippen LogP contribution is 2.27. The quantitative estimate of drug-likeness (QED) is 0.825. The van der Waals surface area contributed by atoms with Crippen LogP contribution in [0.3, 0.4) is 0 Å². The molecule has 0 aliphatic heterocycles. The average molecular weight is 243 g/mol. The summed E-state index contributed by atoms with van der Waals surface area (Å²) < 4.78 is 12.9. The first-order valence-electron chi connectivity index (χ1n) is 5.67. The second kappa shape index (κ2) is 5.45. The molecule has 0 radical (unpaired) electrons. The monoisotopic (exact) mass is 243 g/mol. The van der Waals surface area contributed by atoms with Gasteiger partial charge in [-0.15, -0.1) is 0 Å². The van der Waals surface area contributed by atoms with Gasteiger partial charge in [-0.2, -0.15) is 0 Å². The van der Waals surface area contributed by atoms with Gasteiger partial charge in [-0.1, -0.05) is 42.5 Å². The van der Waals surface area contributed by atoms with E-state index in [0.717, 1.165) is 11.1 Å². The molecule has 0 unspecified atom stereocenters. The number of benzene rings is 2. The molecule has 0 fully saturated rings. The van der Waals surface area contributed by atoms with E-state index in [9.17, 15) is 14.3 Å². The number of rotatable bonds is 4. The number of carbonyl (C=O) groups is 1. The molecular formula is C15H12FO2-. The molecule has 3 heteroatoms. The second-order valence-corrected chi connectivity index (χ2v) is 4.09. The third-order valence-electron chi connectivity index (χ3n) is 2.85. The minimum atomic E-state index is -1.12. The normalized spacial score (nSPS) is 12.1. The predicted octanol–water partition coefficient (Wildman–Crippen LogP) is 2.10. The molecule has 2 rings (SSSR count). The van der Waals surface area contributed by atoms with Crippen LogP contribution >= 0.6 is 0 Å². The molecule has 2 aromatic carbocycles. The maximum Gasteiger partial charge on any atom is 0.123 e. The van der Waals surface area contributed by atoms with E-state index in [0.29, 0.717) is 0 Å². The molecule has 92 valence electrons. The Labute approximate surface area is 105 Å². The number of hydrogen-bond donors (Lipinski definition) is 0. The zero-order valence-corrected chi connectivity index (χ0v) is 9.68. The van der Waals surface area contributed by atoms with Crippen LogP contribution < -0.4 is 5.11 Å². The van der Waals surface area contributed by atoms with E-state index in [1.54, 1.807) is 12.1 Å². The molecule has 0 amide bonds. The summed E-state index contributed by atoms with van der Waals surface area (Å²) in [5, 5.41) is 10.8. The lowest BCUT2D eigenvalue weighted by atomic mass is 9.88. The lowest BCUT2D eigenvalue weighted by Crippen LogP contribution is -2.24. The molecule has 1 atom stereocenters. The van der Waals surface area contributed by atoms with E-state index in [2.05, 4.69) is 0 Å². The van der Waals surface area contributed by atoms with Crippen molar-refractivity contribution in [2.45, 2.75) is 12.3 Å². The summed E-state index contributed by atoms with van der Waals surface area (Å²) in [6, 6.07) is 15.2. The lowest BCUT2D eigenvalue weighted by molar-refractivity contribution is -0.305. The molecular weight excluding hydrogens is 231 g/mol. The van der Waals surface area contributed by atoms with Gasteiger partial charge in [0.1, 0.15) is 5.82 Å². The summed E-state index contributed by atoms with van der Waals surface area (Å²) in [6.45, 7) is 0. The maximum absolute atomic E-state index is 12.9. The highest BCUT2D eigenvalue weighted by molar-refractivity contribution is 5.66. The number of aliphatic carboxylic acids is 1. The molecule has 0 spiro atoms. The van der Waals surface area contributed by atoms with Gasteiger partial charge in [0.05, 0.1) is 0 Å². The topological polar surface area (TPSA) is 40.1 Å². The summed E-state index contributed by atoms with van der Waals surface area (Å²) in [5.74, 6) is -1.76. The lowest BCUT2D eigenvalue weighted by Gasteiger charge is -2.18. The number of halogens is 1. The Hall–Kier alpha value is -2.16. The molecule has 0 aromatic heterocycles. The summed E-state index contributed by atoms with van der Waals surface area (Å²) in [4.78, 5) is 10.8. The molecule has 0 aliphatic rings. The van der Waals surface area contributed by atoms with E-state index in [1.807, 2.05) is 30.3 Å². The third kappa shape index (κ3) is 2.94. The molecule has 0 saturated carbocycles. The molecule has 0 aliphatic carbocycles. The van der Waals surface area contributed by atoms with Crippen LogP contribution in [0.5, 0.6) is 0 Å². The van der Waals surface area contributed by atoms with E-state index >= 15 is 0 Å². The van der Waals surface area contributed by atoms with Gasteiger partial charge in [-0.3, -0.25) is 0 Å². The van der Waals surface area contributed by atoms with Crippen LogP contribution in [0.1, 0.15) is 23.5 Å². The summed E-state index contributed by atoms with van der Waals surface area (Å²) in [6.07, 6.45) is -0.115. The first kappa shape index (κ1) is 12.3. The van der Waals surface area contributed by atoms with Crippen molar-refractivity contribution in [1.29, 1.82) is 0 Å². The molecule has 2 nitrogen and oxygen atoms in total. The number of carbonyl (C=O) groups excluding carboxylic acids is 1. The molecule has 2 aromatic rings. The van der Waals surface area contributed by atoms with Crippen molar-refractivity contribution in [3.05, 3.63) is 71.5 Å².